The fourth-order valence-electron chi connectivity index (χ4n) is 5.52. The molecule has 0 unspecified atom stereocenters. The fraction of sp³-hybridized carbons (Fsp3) is 0.175. The average molecular weight is 710 g/mol. The molecule has 0 saturated carbocycles. The molecule has 2 amide bonds. The van der Waals surface area contributed by atoms with E-state index in [1.807, 2.05) is 90.3 Å². The number of nitrogens with zero attached hydrogens (tertiary/aromatic N) is 5. The van der Waals surface area contributed by atoms with Crippen molar-refractivity contribution in [1.29, 1.82) is 0 Å². The Morgan fingerprint density at radius 1 is 0.731 bits per heavy atom. The molecule has 0 aliphatic carbocycles. The Morgan fingerprint density at radius 2 is 1.29 bits per heavy atom. The molecule has 11 nitrogen and oxygen atoms in total. The number of aromatic nitrogens is 3. The minimum Gasteiger partial charge on any atom is -0.323 e. The van der Waals surface area contributed by atoms with Gasteiger partial charge in [0.1, 0.15) is 0 Å². The highest BCUT2D eigenvalue weighted by molar-refractivity contribution is 7.07. The Labute approximate surface area is 306 Å². The van der Waals surface area contributed by atoms with Gasteiger partial charge < -0.3 is 16.4 Å². The van der Waals surface area contributed by atoms with Crippen molar-refractivity contribution < 1.29 is 9.59 Å². The molecular weight excluding hydrogens is 671 g/mol. The van der Waals surface area contributed by atoms with Gasteiger partial charge in [-0.2, -0.15) is 0 Å². The van der Waals surface area contributed by atoms with Gasteiger partial charge in [0.25, 0.3) is 0 Å². The second-order valence-corrected chi connectivity index (χ2v) is 12.9. The molecule has 2 aliphatic rings. The fourth-order valence-corrected chi connectivity index (χ4v) is 6.08. The molecule has 3 aromatic heterocycles. The molecule has 7 rings (SSSR count). The van der Waals surface area contributed by atoms with Gasteiger partial charge in [-0.15, -0.1) is 11.3 Å². The van der Waals surface area contributed by atoms with E-state index in [1.54, 1.807) is 54.1 Å². The number of pyridine rings is 2. The van der Waals surface area contributed by atoms with Crippen LogP contribution >= 0.6 is 11.3 Å². The zero-order valence-electron chi connectivity index (χ0n) is 28.4. The summed E-state index contributed by atoms with van der Waals surface area (Å²) in [6.45, 7) is 1.83. The Hall–Kier alpha value is -5.95. The minimum atomic E-state index is -0.602. The summed E-state index contributed by atoms with van der Waals surface area (Å²) in [6, 6.07) is 22.6. The monoisotopic (exact) mass is 709 g/mol. The molecule has 0 radical (unpaired) electrons. The number of nitrogens with two attached hydrogens (primary N) is 1. The van der Waals surface area contributed by atoms with Crippen LogP contribution in [0, 0.1) is 0 Å². The first-order valence-electron chi connectivity index (χ1n) is 16.8. The van der Waals surface area contributed by atoms with E-state index in [0.29, 0.717) is 43.9 Å². The maximum Gasteiger partial charge on any atom is 0.241 e. The van der Waals surface area contributed by atoms with E-state index in [1.165, 1.54) is 0 Å². The number of carbonyl (C=O) groups is 2. The van der Waals surface area contributed by atoms with Crippen LogP contribution in [0.25, 0.3) is 11.1 Å². The quantitative estimate of drug-likeness (QED) is 0.127. The van der Waals surface area contributed by atoms with Crippen molar-refractivity contribution in [3.8, 4) is 0 Å². The smallest absolute Gasteiger partial charge is 0.241 e. The highest BCUT2D eigenvalue weighted by Crippen LogP contribution is 2.21. The van der Waals surface area contributed by atoms with Crippen molar-refractivity contribution in [2.75, 3.05) is 23.7 Å². The molecule has 5 aromatic rings. The number of nitrogens with one attached hydrogen (secondary N) is 3. The number of thiazole rings is 1. The number of allylic oxidation sites excluding steroid dienone is 2. The number of hydrogen-bond donors (Lipinski definition) is 4. The Bertz CT molecular complexity index is 2060. The van der Waals surface area contributed by atoms with E-state index in [9.17, 15) is 9.59 Å². The molecule has 12 heteroatoms. The third-order valence-corrected chi connectivity index (χ3v) is 8.92. The molecule has 52 heavy (non-hydrogen) atoms. The third-order valence-electron chi connectivity index (χ3n) is 8.29. The van der Waals surface area contributed by atoms with Crippen molar-refractivity contribution >= 4 is 58.1 Å². The van der Waals surface area contributed by atoms with Gasteiger partial charge in [-0.1, -0.05) is 60.7 Å². The lowest BCUT2D eigenvalue weighted by molar-refractivity contribution is -0.118. The van der Waals surface area contributed by atoms with Crippen molar-refractivity contribution in [2.45, 2.75) is 31.5 Å². The van der Waals surface area contributed by atoms with E-state index >= 15 is 0 Å². The van der Waals surface area contributed by atoms with Crippen LogP contribution in [-0.4, -0.2) is 64.4 Å². The molecule has 5 heterocycles. The van der Waals surface area contributed by atoms with Crippen LogP contribution in [0.5, 0.6) is 0 Å². The molecule has 0 saturated heterocycles. The summed E-state index contributed by atoms with van der Waals surface area (Å²) in [4.78, 5) is 46.4. The highest BCUT2D eigenvalue weighted by Gasteiger charge is 2.20. The van der Waals surface area contributed by atoms with Gasteiger partial charge in [-0.05, 0) is 70.5 Å². The largest absolute Gasteiger partial charge is 0.323 e. The van der Waals surface area contributed by atoms with Gasteiger partial charge in [0, 0.05) is 36.7 Å². The maximum atomic E-state index is 13.1. The van der Waals surface area contributed by atoms with Crippen LogP contribution in [0.4, 0.5) is 11.4 Å². The van der Waals surface area contributed by atoms with Crippen molar-refractivity contribution in [3.63, 3.8) is 0 Å². The number of aliphatic imine (C=N–C) groups is 2. The lowest BCUT2D eigenvalue weighted by Gasteiger charge is -2.18. The third kappa shape index (κ3) is 10.5. The van der Waals surface area contributed by atoms with Crippen molar-refractivity contribution in [2.24, 2.45) is 15.7 Å². The summed E-state index contributed by atoms with van der Waals surface area (Å²) < 4.78 is 0. The van der Waals surface area contributed by atoms with E-state index in [-0.39, 0.29) is 11.8 Å². The number of amides is 2. The zero-order valence-corrected chi connectivity index (χ0v) is 29.2. The van der Waals surface area contributed by atoms with E-state index in [4.69, 9.17) is 5.73 Å². The SMILES string of the molecule is N[C@@H](Cc1ccccc1)C(=O)Nc1cncc(C2=CC=NC2)c1.O=C(Nc1cncc(C2=CC=NC2)c1)[C@H](Cc1ccccc1)NCc1cscn1. The number of hydrogen-bond acceptors (Lipinski definition) is 10. The molecule has 0 bridgehead atoms. The summed E-state index contributed by atoms with van der Waals surface area (Å²) in [5.41, 5.74) is 16.3. The summed E-state index contributed by atoms with van der Waals surface area (Å²) >= 11 is 1.54. The van der Waals surface area contributed by atoms with Gasteiger partial charge in [0.05, 0.1) is 60.1 Å². The van der Waals surface area contributed by atoms with E-state index < -0.39 is 12.1 Å². The van der Waals surface area contributed by atoms with E-state index in [2.05, 4.69) is 40.9 Å². The van der Waals surface area contributed by atoms with Gasteiger partial charge in [-0.25, -0.2) is 4.98 Å². The van der Waals surface area contributed by atoms with Crippen molar-refractivity contribution in [3.05, 3.63) is 149 Å². The highest BCUT2D eigenvalue weighted by atomic mass is 32.1. The lowest BCUT2D eigenvalue weighted by Crippen LogP contribution is -2.42. The van der Waals surface area contributed by atoms with Crippen LogP contribution in [0.15, 0.2) is 131 Å². The van der Waals surface area contributed by atoms with Crippen LogP contribution in [0.2, 0.25) is 0 Å². The van der Waals surface area contributed by atoms with Gasteiger partial charge in [-0.3, -0.25) is 34.9 Å². The summed E-state index contributed by atoms with van der Waals surface area (Å²) in [5.74, 6) is -0.316. The van der Waals surface area contributed by atoms with Crippen LogP contribution in [0.3, 0.4) is 0 Å². The van der Waals surface area contributed by atoms with Crippen LogP contribution < -0.4 is 21.7 Å². The zero-order chi connectivity index (χ0) is 36.0. The minimum absolute atomic E-state index is 0.0975. The number of rotatable bonds is 13. The van der Waals surface area contributed by atoms with Gasteiger partial charge in [0.15, 0.2) is 0 Å². The summed E-state index contributed by atoms with van der Waals surface area (Å²) in [5, 5.41) is 11.2. The van der Waals surface area contributed by atoms with Crippen LogP contribution in [0.1, 0.15) is 27.9 Å². The van der Waals surface area contributed by atoms with Gasteiger partial charge >= 0.3 is 0 Å². The number of anilines is 2. The Kier molecular flexibility index (Phi) is 12.6. The Morgan fingerprint density at radius 3 is 1.81 bits per heavy atom. The van der Waals surface area contributed by atoms with E-state index in [0.717, 1.165) is 39.1 Å². The topological polar surface area (TPSA) is 160 Å². The predicted octanol–water partition coefficient (Wildman–Crippen LogP) is 5.40. The maximum absolute atomic E-state index is 13.1. The molecular formula is C40H39N9O2S. The second-order valence-electron chi connectivity index (χ2n) is 12.2. The number of benzene rings is 2. The molecule has 262 valence electrons. The molecule has 0 fully saturated rings. The first kappa shape index (κ1) is 35.9. The first-order chi connectivity index (χ1) is 25.5. The standard InChI is InChI=1S/C22H21N5OS.C18H18N4O/c28-22(27-19-9-18(11-24-12-19)17-6-7-23-10-17)21(8-16-4-2-1-3-5-16)25-13-20-14-29-15-26-20;19-17(8-13-4-2-1-3-5-13)18(23)22-16-9-15(11-21-12-16)14-6-7-20-10-14/h1-7,9,11-12,14-15,21,25H,8,10,13H2,(H,27,28);1-7,9,11-12,17H,8,10,19H2,(H,22,23)/t21-;17-/m00/s1. The molecule has 2 aliphatic heterocycles. The second kappa shape index (κ2) is 18.3. The average Bonchev–Trinajstić information content (AvgIpc) is 4.00. The number of carbonyl (C=O) groups excluding carboxylic acids is 2. The summed E-state index contributed by atoms with van der Waals surface area (Å²) in [6.07, 6.45) is 15.4. The van der Waals surface area contributed by atoms with Crippen molar-refractivity contribution in [1.82, 2.24) is 20.3 Å². The molecule has 5 N–H and O–H groups in total. The van der Waals surface area contributed by atoms with Crippen LogP contribution in [-0.2, 0) is 29.0 Å². The molecule has 0 spiro atoms. The summed E-state index contributed by atoms with van der Waals surface area (Å²) in [7, 11) is 0. The Balaban J connectivity index is 0.000000183. The first-order valence-corrected chi connectivity index (χ1v) is 17.8. The molecule has 2 aromatic carbocycles. The lowest BCUT2D eigenvalue weighted by atomic mass is 10.0. The van der Waals surface area contributed by atoms with Gasteiger partial charge in [0.2, 0.25) is 11.8 Å². The predicted molar refractivity (Wildman–Crippen MR) is 209 cm³/mol. The molecule has 2 atom stereocenters. The normalized spacial score (nSPS) is 14.1.